The second-order valence-electron chi connectivity index (χ2n) is 7.83. The summed E-state index contributed by atoms with van der Waals surface area (Å²) in [5.74, 6) is -0.263. The van der Waals surface area contributed by atoms with Crippen LogP contribution in [0, 0.1) is 0 Å². The second-order valence-corrected chi connectivity index (χ2v) is 17.0. The fourth-order valence-corrected chi connectivity index (χ4v) is 13.7. The van der Waals surface area contributed by atoms with E-state index in [4.69, 9.17) is 0 Å². The summed E-state index contributed by atoms with van der Waals surface area (Å²) in [6.07, 6.45) is 1.83. The summed E-state index contributed by atoms with van der Waals surface area (Å²) in [5.41, 5.74) is 1.44. The molecule has 0 N–H and O–H groups in total. The molecule has 1 aliphatic heterocycles. The first-order chi connectivity index (χ1) is 14.5. The van der Waals surface area contributed by atoms with Crippen molar-refractivity contribution < 1.29 is 9.59 Å². The van der Waals surface area contributed by atoms with Gasteiger partial charge in [0.2, 0.25) is 0 Å². The Hall–Kier alpha value is -1.80. The van der Waals surface area contributed by atoms with Gasteiger partial charge in [-0.05, 0) is 0 Å². The monoisotopic (exact) mass is 529 g/mol. The third-order valence-electron chi connectivity index (χ3n) is 5.80. The molecule has 0 spiro atoms. The van der Waals surface area contributed by atoms with E-state index in [1.807, 2.05) is 28.7 Å². The Morgan fingerprint density at radius 3 is 2.10 bits per heavy atom. The Morgan fingerprint density at radius 2 is 1.50 bits per heavy atom. The molecule has 4 aromatic rings. The summed E-state index contributed by atoms with van der Waals surface area (Å²) in [7, 11) is -1.67. The van der Waals surface area contributed by atoms with Gasteiger partial charge in [-0.3, -0.25) is 0 Å². The van der Waals surface area contributed by atoms with E-state index < -0.39 is 8.07 Å². The van der Waals surface area contributed by atoms with E-state index in [1.165, 1.54) is 36.3 Å². The topological polar surface area (TPSA) is 37.4 Å². The van der Waals surface area contributed by atoms with Crippen LogP contribution in [0.25, 0.3) is 6.08 Å². The molecule has 0 saturated carbocycles. The first-order valence-corrected chi connectivity index (χ1v) is 16.8. The molecule has 30 heavy (non-hydrogen) atoms. The third kappa shape index (κ3) is 2.52. The fourth-order valence-electron chi connectivity index (χ4n) is 4.19. The van der Waals surface area contributed by atoms with E-state index in [0.717, 1.165) is 4.44 Å². The van der Waals surface area contributed by atoms with Crippen LogP contribution in [0.2, 0.25) is 13.1 Å². The van der Waals surface area contributed by atoms with Gasteiger partial charge in [0.25, 0.3) is 0 Å². The predicted octanol–water partition coefficient (Wildman–Crippen LogP) is 5.00. The van der Waals surface area contributed by atoms with Crippen molar-refractivity contribution in [3.63, 3.8) is 0 Å². The Balaban J connectivity index is 1.43. The third-order valence-corrected chi connectivity index (χ3v) is 14.3. The minimum atomic E-state index is -1.67. The van der Waals surface area contributed by atoms with Gasteiger partial charge in [-0.15, -0.1) is 0 Å². The molecule has 3 nitrogen and oxygen atoms in total. The standard InChI is InChI=1S/C22H15NO2S3SeSi/c1-30(2)16-5-7-27-21(16)23(22-17(30)6-8-28-22)18-4-3-12(29-18)9-13-19(24)14-10-26-11-15(14)20(13)25/h3-11H,1-2H3. The molecule has 0 fully saturated rings. The Morgan fingerprint density at radius 1 is 0.900 bits per heavy atom. The van der Waals surface area contributed by atoms with Gasteiger partial charge in [-0.25, -0.2) is 0 Å². The molecule has 0 unspecified atom stereocenters. The van der Waals surface area contributed by atoms with Gasteiger partial charge >= 0.3 is 194 Å². The maximum atomic E-state index is 12.6. The number of fused-ring (bicyclic) bond motifs is 3. The Bertz CT molecular complexity index is 1310. The van der Waals surface area contributed by atoms with Crippen molar-refractivity contribution in [1.29, 1.82) is 0 Å². The second kappa shape index (κ2) is 6.60. The van der Waals surface area contributed by atoms with E-state index >= 15 is 0 Å². The fraction of sp³-hybridized carbons (Fsp3) is 0.0909. The van der Waals surface area contributed by atoms with Crippen molar-refractivity contribution in [1.82, 2.24) is 0 Å². The number of thiophene rings is 3. The maximum absolute atomic E-state index is 12.6. The molecule has 1 aliphatic carbocycles. The van der Waals surface area contributed by atoms with Crippen LogP contribution in [0.1, 0.15) is 25.2 Å². The van der Waals surface area contributed by atoms with Crippen molar-refractivity contribution in [2.24, 2.45) is 0 Å². The van der Waals surface area contributed by atoms with Crippen LogP contribution in [0.5, 0.6) is 0 Å². The number of ketones is 2. The molecule has 0 atom stereocenters. The zero-order chi connectivity index (χ0) is 20.6. The van der Waals surface area contributed by atoms with Crippen molar-refractivity contribution in [3.8, 4) is 0 Å². The van der Waals surface area contributed by atoms with Gasteiger partial charge in [0, 0.05) is 0 Å². The summed E-state index contributed by atoms with van der Waals surface area (Å²) in [4.78, 5) is 27.7. The van der Waals surface area contributed by atoms with E-state index in [2.05, 4.69) is 53.0 Å². The van der Waals surface area contributed by atoms with Gasteiger partial charge < -0.3 is 0 Å². The van der Waals surface area contributed by atoms with Gasteiger partial charge in [0.15, 0.2) is 0 Å². The normalized spacial score (nSPS) is 16.6. The number of anilines is 3. The number of allylic oxidation sites excluding steroid dienone is 1. The average molecular weight is 529 g/mol. The van der Waals surface area contributed by atoms with Crippen LogP contribution in [0.4, 0.5) is 14.6 Å². The SMILES string of the molecule is C[Si]1(C)c2ccsc2N(c2ccc(C=C3C(=O)c4cscc4C3=O)[se]2)c2sccc21. The van der Waals surface area contributed by atoms with E-state index in [-0.39, 0.29) is 26.1 Å². The molecule has 4 aromatic heterocycles. The van der Waals surface area contributed by atoms with Crippen molar-refractivity contribution >= 4 is 99.2 Å². The van der Waals surface area contributed by atoms with Crippen molar-refractivity contribution in [2.75, 3.05) is 4.90 Å². The van der Waals surface area contributed by atoms with Gasteiger partial charge in [0.05, 0.1) is 0 Å². The number of hydrogen-bond acceptors (Lipinski definition) is 6. The van der Waals surface area contributed by atoms with E-state index in [9.17, 15) is 9.59 Å². The molecule has 0 saturated heterocycles. The molecule has 5 heterocycles. The molecule has 0 bridgehead atoms. The molecule has 8 heteroatoms. The average Bonchev–Trinajstić information content (AvgIpc) is 3.53. The molecule has 0 aromatic carbocycles. The number of nitrogens with zero attached hydrogens (tertiary/aromatic N) is 1. The van der Waals surface area contributed by atoms with Crippen LogP contribution in [0.15, 0.2) is 51.4 Å². The summed E-state index contributed by atoms with van der Waals surface area (Å²) < 4.78 is 2.33. The summed E-state index contributed by atoms with van der Waals surface area (Å²) in [6.45, 7) is 4.86. The van der Waals surface area contributed by atoms with E-state index in [1.54, 1.807) is 10.8 Å². The summed E-state index contributed by atoms with van der Waals surface area (Å²) in [6, 6.07) is 8.84. The Kier molecular flexibility index (Phi) is 4.16. The molecular formula is C22H15NO2S3SeSi. The number of carbonyl (C=O) groups excluding carboxylic acids is 2. The molecule has 0 amide bonds. The van der Waals surface area contributed by atoms with Gasteiger partial charge in [-0.1, -0.05) is 0 Å². The number of Topliss-reactive ketones (excluding diaryl/α,β-unsaturated/α-hetero) is 2. The van der Waals surface area contributed by atoms with Gasteiger partial charge in [-0.2, -0.15) is 0 Å². The minimum absolute atomic E-state index is 0.0360. The van der Waals surface area contributed by atoms with Crippen LogP contribution < -0.4 is 15.3 Å². The van der Waals surface area contributed by atoms with Crippen LogP contribution in [-0.2, 0) is 0 Å². The number of carbonyl (C=O) groups is 2. The van der Waals surface area contributed by atoms with Crippen molar-refractivity contribution in [2.45, 2.75) is 13.1 Å². The van der Waals surface area contributed by atoms with Gasteiger partial charge in [0.1, 0.15) is 0 Å². The quantitative estimate of drug-likeness (QED) is 0.209. The number of rotatable bonds is 2. The van der Waals surface area contributed by atoms with Crippen molar-refractivity contribution in [3.05, 3.63) is 66.9 Å². The van der Waals surface area contributed by atoms with Crippen LogP contribution in [0.3, 0.4) is 0 Å². The molecule has 148 valence electrons. The molecule has 0 radical (unpaired) electrons. The molecular weight excluding hydrogens is 513 g/mol. The first kappa shape index (κ1) is 18.9. The molecule has 2 aliphatic rings. The van der Waals surface area contributed by atoms with E-state index in [0.29, 0.717) is 16.7 Å². The van der Waals surface area contributed by atoms with Crippen LogP contribution >= 0.6 is 34.0 Å². The zero-order valence-corrected chi connectivity index (χ0v) is 21.3. The Labute approximate surface area is 192 Å². The predicted molar refractivity (Wildman–Crippen MR) is 132 cm³/mol. The summed E-state index contributed by atoms with van der Waals surface area (Å²) >= 11 is 5.06. The van der Waals surface area contributed by atoms with Crippen LogP contribution in [-0.4, -0.2) is 34.1 Å². The first-order valence-electron chi connectivity index (χ1n) is 9.40. The summed E-state index contributed by atoms with van der Waals surface area (Å²) in [5, 5.41) is 13.6. The zero-order valence-electron chi connectivity index (χ0n) is 16.1. The molecule has 6 rings (SSSR count). The number of hydrogen-bond donors (Lipinski definition) is 0.